The molecule has 0 aliphatic carbocycles. The van der Waals surface area contributed by atoms with Crippen LogP contribution in [0.25, 0.3) is 0 Å². The Bertz CT molecular complexity index is 1570. The summed E-state index contributed by atoms with van der Waals surface area (Å²) < 4.78 is 67.7. The molecule has 1 aliphatic heterocycles. The lowest BCUT2D eigenvalue weighted by molar-refractivity contribution is 0.0300. The molecule has 1 aliphatic rings. The van der Waals surface area contributed by atoms with Crippen molar-refractivity contribution in [2.75, 3.05) is 49.1 Å². The van der Waals surface area contributed by atoms with E-state index in [1.54, 1.807) is 29.2 Å². The molecule has 0 bridgehead atoms. The summed E-state index contributed by atoms with van der Waals surface area (Å²) in [5, 5.41) is 0. The quantitative estimate of drug-likeness (QED) is 0.360. The number of anilines is 2. The van der Waals surface area contributed by atoms with Crippen molar-refractivity contribution in [3.05, 3.63) is 71.8 Å². The van der Waals surface area contributed by atoms with E-state index in [0.717, 1.165) is 5.56 Å². The van der Waals surface area contributed by atoms with E-state index in [1.807, 2.05) is 13.2 Å². The maximum atomic E-state index is 13.2. The summed E-state index contributed by atoms with van der Waals surface area (Å²) in [4.78, 5) is 15.3. The number of thioether (sulfide) groups is 1. The normalized spacial score (nSPS) is 14.1. The first kappa shape index (κ1) is 28.7. The summed E-state index contributed by atoms with van der Waals surface area (Å²) in [6, 6.07) is 14.8. The Hall–Kier alpha value is -3.26. The zero-order valence-electron chi connectivity index (χ0n) is 21.6. The van der Waals surface area contributed by atoms with E-state index in [9.17, 15) is 21.6 Å². The molecule has 10 nitrogen and oxygen atoms in total. The topological polar surface area (TPSA) is 131 Å². The third-order valence-corrected chi connectivity index (χ3v) is 9.58. The largest absolute Gasteiger partial charge is 0.495 e. The van der Waals surface area contributed by atoms with E-state index in [2.05, 4.69) is 9.44 Å². The molecule has 0 spiro atoms. The second-order valence-corrected chi connectivity index (χ2v) is 12.9. The van der Waals surface area contributed by atoms with Crippen LogP contribution in [0.1, 0.15) is 15.9 Å². The number of rotatable bonds is 9. The Balaban J connectivity index is 1.54. The molecule has 208 valence electrons. The molecule has 1 amide bonds. The van der Waals surface area contributed by atoms with E-state index in [0.29, 0.717) is 48.2 Å². The van der Waals surface area contributed by atoms with Gasteiger partial charge in [-0.25, -0.2) is 16.8 Å². The van der Waals surface area contributed by atoms with E-state index in [-0.39, 0.29) is 21.4 Å². The molecule has 0 unspecified atom stereocenters. The molecule has 13 heteroatoms. The molecule has 39 heavy (non-hydrogen) atoms. The Kier molecular flexibility index (Phi) is 8.74. The summed E-state index contributed by atoms with van der Waals surface area (Å²) in [7, 11) is -6.60. The van der Waals surface area contributed by atoms with Crippen molar-refractivity contribution in [1.82, 2.24) is 4.90 Å². The lowest BCUT2D eigenvalue weighted by atomic mass is 10.2. The van der Waals surface area contributed by atoms with Crippen LogP contribution in [0.5, 0.6) is 5.75 Å². The first-order valence-corrected chi connectivity index (χ1v) is 16.1. The monoisotopic (exact) mass is 591 g/mol. The highest BCUT2D eigenvalue weighted by Gasteiger charge is 2.24. The minimum absolute atomic E-state index is 0.0586. The molecule has 1 heterocycles. The van der Waals surface area contributed by atoms with Crippen molar-refractivity contribution < 1.29 is 31.1 Å². The van der Waals surface area contributed by atoms with Crippen LogP contribution in [-0.4, -0.2) is 67.3 Å². The number of amides is 1. The molecule has 0 saturated carbocycles. The number of carbonyl (C=O) groups is 1. The van der Waals surface area contributed by atoms with Crippen molar-refractivity contribution in [1.29, 1.82) is 0 Å². The number of carbonyl (C=O) groups excluding carboxylic acids is 1. The highest BCUT2D eigenvalue weighted by atomic mass is 32.2. The number of morpholine rings is 1. The Morgan fingerprint density at radius 3 is 2.18 bits per heavy atom. The summed E-state index contributed by atoms with van der Waals surface area (Å²) in [5.41, 5.74) is 1.60. The van der Waals surface area contributed by atoms with E-state index >= 15 is 0 Å². The number of sulfonamides is 2. The van der Waals surface area contributed by atoms with Gasteiger partial charge in [0.2, 0.25) is 0 Å². The summed E-state index contributed by atoms with van der Waals surface area (Å²) >= 11 is 1.35. The van der Waals surface area contributed by atoms with Gasteiger partial charge in [0.1, 0.15) is 5.75 Å². The van der Waals surface area contributed by atoms with Crippen LogP contribution in [-0.2, 0) is 24.8 Å². The molecule has 1 fully saturated rings. The van der Waals surface area contributed by atoms with E-state index < -0.39 is 20.0 Å². The van der Waals surface area contributed by atoms with Crippen molar-refractivity contribution in [3.63, 3.8) is 0 Å². The number of hydrogen-bond acceptors (Lipinski definition) is 8. The van der Waals surface area contributed by atoms with Crippen LogP contribution in [0.15, 0.2) is 75.4 Å². The summed E-state index contributed by atoms with van der Waals surface area (Å²) in [5.74, 6) is 0.111. The maximum Gasteiger partial charge on any atom is 0.262 e. The van der Waals surface area contributed by atoms with Gasteiger partial charge in [0, 0.05) is 23.7 Å². The predicted molar refractivity (Wildman–Crippen MR) is 151 cm³/mol. The van der Waals surface area contributed by atoms with E-state index in [4.69, 9.17) is 9.47 Å². The van der Waals surface area contributed by atoms with Crippen LogP contribution in [0.2, 0.25) is 0 Å². The van der Waals surface area contributed by atoms with Gasteiger partial charge in [-0.1, -0.05) is 6.07 Å². The van der Waals surface area contributed by atoms with Gasteiger partial charge in [-0.3, -0.25) is 14.2 Å². The van der Waals surface area contributed by atoms with Crippen molar-refractivity contribution in [2.45, 2.75) is 21.6 Å². The molecular formula is C26H29N3O7S3. The number of hydrogen-bond donors (Lipinski definition) is 2. The molecule has 2 N–H and O–H groups in total. The van der Waals surface area contributed by atoms with E-state index in [1.165, 1.54) is 55.3 Å². The fourth-order valence-corrected chi connectivity index (χ4v) is 6.70. The lowest BCUT2D eigenvalue weighted by Gasteiger charge is -2.27. The molecule has 3 aromatic carbocycles. The molecule has 0 atom stereocenters. The standard InChI is InChI=1S/C26H29N3O7S3/c1-18-4-10-24(35-2)23(16-18)28-38(31,32)20-7-5-19(6-8-20)27-39(33,34)21-9-11-25(37-3)22(17-21)26(30)29-12-14-36-15-13-29/h4-11,16-17,27-28H,12-15H2,1-3H3. The van der Waals surface area contributed by atoms with Gasteiger partial charge in [0.25, 0.3) is 26.0 Å². The van der Waals surface area contributed by atoms with Gasteiger partial charge in [-0.15, -0.1) is 11.8 Å². The van der Waals surface area contributed by atoms with Crippen LogP contribution in [0.3, 0.4) is 0 Å². The first-order valence-electron chi connectivity index (χ1n) is 11.9. The Morgan fingerprint density at radius 2 is 1.54 bits per heavy atom. The zero-order chi connectivity index (χ0) is 28.2. The van der Waals surface area contributed by atoms with Crippen LogP contribution in [0, 0.1) is 6.92 Å². The first-order chi connectivity index (χ1) is 18.5. The van der Waals surface area contributed by atoms with Crippen LogP contribution < -0.4 is 14.2 Å². The lowest BCUT2D eigenvalue weighted by Crippen LogP contribution is -2.40. The number of ether oxygens (including phenoxy) is 2. The predicted octanol–water partition coefficient (Wildman–Crippen LogP) is 3.80. The summed E-state index contributed by atoms with van der Waals surface area (Å²) in [6.07, 6.45) is 1.82. The van der Waals surface area contributed by atoms with Gasteiger partial charge in [0.15, 0.2) is 0 Å². The number of aryl methyl sites for hydroxylation is 1. The third kappa shape index (κ3) is 6.67. The van der Waals surface area contributed by atoms with Crippen molar-refractivity contribution in [3.8, 4) is 5.75 Å². The number of methoxy groups -OCH3 is 1. The van der Waals surface area contributed by atoms with Gasteiger partial charge >= 0.3 is 0 Å². The van der Waals surface area contributed by atoms with Gasteiger partial charge in [0.05, 0.1) is 41.4 Å². The van der Waals surface area contributed by atoms with Crippen molar-refractivity contribution >= 4 is 49.1 Å². The highest BCUT2D eigenvalue weighted by molar-refractivity contribution is 7.98. The van der Waals surface area contributed by atoms with Crippen LogP contribution >= 0.6 is 11.8 Å². The Morgan fingerprint density at radius 1 is 0.897 bits per heavy atom. The fraction of sp³-hybridized carbons (Fsp3) is 0.269. The number of nitrogens with one attached hydrogen (secondary N) is 2. The highest BCUT2D eigenvalue weighted by Crippen LogP contribution is 2.29. The second kappa shape index (κ2) is 11.9. The Labute approximate surface area is 232 Å². The molecule has 0 aromatic heterocycles. The van der Waals surface area contributed by atoms with Crippen LogP contribution in [0.4, 0.5) is 11.4 Å². The third-order valence-electron chi connectivity index (χ3n) is 6.03. The maximum absolute atomic E-state index is 13.2. The van der Waals surface area contributed by atoms with Gasteiger partial charge in [-0.2, -0.15) is 0 Å². The van der Waals surface area contributed by atoms with Gasteiger partial charge in [-0.05, 0) is 73.3 Å². The fourth-order valence-electron chi connectivity index (χ4n) is 3.98. The molecule has 1 saturated heterocycles. The zero-order valence-corrected chi connectivity index (χ0v) is 24.1. The number of benzene rings is 3. The molecule has 0 radical (unpaired) electrons. The average molecular weight is 592 g/mol. The minimum atomic E-state index is -4.07. The molecular weight excluding hydrogens is 563 g/mol. The SMILES string of the molecule is COc1ccc(C)cc1NS(=O)(=O)c1ccc(NS(=O)(=O)c2ccc(SC)c(C(=O)N3CCOCC3)c2)cc1. The second-order valence-electron chi connectivity index (χ2n) is 8.71. The van der Waals surface area contributed by atoms with Gasteiger partial charge < -0.3 is 14.4 Å². The smallest absolute Gasteiger partial charge is 0.262 e. The molecule has 4 rings (SSSR count). The average Bonchev–Trinajstić information content (AvgIpc) is 2.92. The van der Waals surface area contributed by atoms with Crippen molar-refractivity contribution in [2.24, 2.45) is 0 Å². The summed E-state index contributed by atoms with van der Waals surface area (Å²) in [6.45, 7) is 3.55. The minimum Gasteiger partial charge on any atom is -0.495 e. The molecule has 3 aromatic rings. The number of nitrogens with zero attached hydrogens (tertiary/aromatic N) is 1.